The number of aliphatic hydroxyl groups is 1. The van der Waals surface area contributed by atoms with Gasteiger partial charge >= 0.3 is 0 Å². The van der Waals surface area contributed by atoms with Crippen LogP contribution < -0.4 is 4.90 Å². The van der Waals surface area contributed by atoms with Crippen molar-refractivity contribution in [2.45, 2.75) is 90.3 Å². The Morgan fingerprint density at radius 1 is 0.810 bits per heavy atom. The molecule has 0 spiro atoms. The molecule has 4 aromatic carbocycles. The number of hydrogen-bond donors (Lipinski definition) is 1. The molecular weight excluding hydrogens is 801 g/mol. The summed E-state index contributed by atoms with van der Waals surface area (Å²) >= 11 is 5.78. The summed E-state index contributed by atoms with van der Waals surface area (Å²) in [7, 11) is 4.20. The second kappa shape index (κ2) is 17.1. The van der Waals surface area contributed by atoms with E-state index in [4.69, 9.17) is 12.2 Å². The summed E-state index contributed by atoms with van der Waals surface area (Å²) < 4.78 is 2.20. The van der Waals surface area contributed by atoms with Crippen molar-refractivity contribution >= 4 is 51.9 Å². The normalized spacial score (nSPS) is 22.4. The predicted octanol–water partition coefficient (Wildman–Crippen LogP) is 9.71. The molecule has 0 aromatic heterocycles. The number of nitrogens with zero attached hydrogens (tertiary/aromatic N) is 4. The number of carbonyl (C=O) groups is 3. The van der Waals surface area contributed by atoms with E-state index >= 15 is 0 Å². The summed E-state index contributed by atoms with van der Waals surface area (Å²) in [5.41, 5.74) is 10.4. The quantitative estimate of drug-likeness (QED) is 0.0914. The molecule has 8 rings (SSSR count). The lowest BCUT2D eigenvalue weighted by molar-refractivity contribution is -0.401. The maximum atomic E-state index is 14.6. The molecule has 4 aromatic rings. The van der Waals surface area contributed by atoms with Crippen LogP contribution in [0.4, 0.5) is 11.4 Å². The molecule has 324 valence electrons. The molecule has 1 amide bonds. The van der Waals surface area contributed by atoms with E-state index in [1.807, 2.05) is 98.8 Å². The zero-order valence-corrected chi connectivity index (χ0v) is 38.6. The molecular formula is C54H59N4O4S+. The van der Waals surface area contributed by atoms with Gasteiger partial charge in [-0.05, 0) is 118 Å². The van der Waals surface area contributed by atoms with Gasteiger partial charge in [-0.3, -0.25) is 19.3 Å². The summed E-state index contributed by atoms with van der Waals surface area (Å²) in [6.07, 6.45) is 8.67. The third-order valence-electron chi connectivity index (χ3n) is 14.2. The number of allylic oxidation sites excluding steroid dienone is 4. The topological polar surface area (TPSA) is 84.2 Å². The van der Waals surface area contributed by atoms with Crippen LogP contribution in [-0.4, -0.2) is 87.2 Å². The van der Waals surface area contributed by atoms with Crippen molar-refractivity contribution in [2.24, 2.45) is 5.92 Å². The number of fused-ring (bicyclic) bond motifs is 2. The van der Waals surface area contributed by atoms with Crippen molar-refractivity contribution in [3.8, 4) is 0 Å². The monoisotopic (exact) mass is 859 g/mol. The number of anilines is 1. The van der Waals surface area contributed by atoms with Crippen LogP contribution in [0.15, 0.2) is 132 Å². The maximum absolute atomic E-state index is 14.6. The van der Waals surface area contributed by atoms with Gasteiger partial charge in [-0.2, -0.15) is 4.58 Å². The second-order valence-corrected chi connectivity index (χ2v) is 18.8. The highest BCUT2D eigenvalue weighted by molar-refractivity contribution is 7.80. The van der Waals surface area contributed by atoms with E-state index < -0.39 is 17.6 Å². The lowest BCUT2D eigenvalue weighted by atomic mass is 9.75. The number of thiocarbonyl (C=S) groups is 1. The van der Waals surface area contributed by atoms with Crippen molar-refractivity contribution in [1.82, 2.24) is 9.80 Å². The molecule has 1 fully saturated rings. The van der Waals surface area contributed by atoms with Crippen LogP contribution >= 0.6 is 12.2 Å². The number of ketones is 2. The highest BCUT2D eigenvalue weighted by atomic mass is 32.1. The van der Waals surface area contributed by atoms with Crippen LogP contribution in [0.3, 0.4) is 0 Å². The van der Waals surface area contributed by atoms with Crippen molar-refractivity contribution < 1.29 is 24.1 Å². The molecule has 1 saturated heterocycles. The minimum atomic E-state index is -1.11. The van der Waals surface area contributed by atoms with Gasteiger partial charge < -0.3 is 14.9 Å². The van der Waals surface area contributed by atoms with Crippen molar-refractivity contribution in [3.63, 3.8) is 0 Å². The van der Waals surface area contributed by atoms with Crippen molar-refractivity contribution in [3.05, 3.63) is 165 Å². The third-order valence-corrected chi connectivity index (χ3v) is 14.7. The second-order valence-electron chi connectivity index (χ2n) is 18.4. The van der Waals surface area contributed by atoms with Gasteiger partial charge in [0.05, 0.1) is 5.41 Å². The van der Waals surface area contributed by atoms with Crippen LogP contribution in [0.5, 0.6) is 0 Å². The predicted molar refractivity (Wildman–Crippen MR) is 256 cm³/mol. The van der Waals surface area contributed by atoms with Gasteiger partial charge in [-0.1, -0.05) is 86.7 Å². The smallest absolute Gasteiger partial charge is 0.240 e. The standard InChI is InChI=1S/C54H59N4O4S/c1-9-57-50(61)47(51(62)58(10-2)52(57)63)46-34(26-30-44-53(3,4)40-32-38(24-28-42(40)55(44)7)48(59)36-18-13-11-14-19-36)22-17-23-35(46)27-31-45-54(5,6)41-33-39(25-29-43(41)56(45)8)49(60)37-20-15-12-16-21-37/h11-16,18-21,24-30,32-33,45,47,50,61H,9-10,17,22-23,31H2,1-8H3/q+1. The van der Waals surface area contributed by atoms with Gasteiger partial charge in [0.15, 0.2) is 22.4 Å². The van der Waals surface area contributed by atoms with E-state index in [1.165, 1.54) is 0 Å². The zero-order chi connectivity index (χ0) is 45.0. The molecule has 9 heteroatoms. The van der Waals surface area contributed by atoms with Crippen LogP contribution in [0.25, 0.3) is 0 Å². The first-order valence-electron chi connectivity index (χ1n) is 22.3. The molecule has 1 N–H and O–H groups in total. The fraction of sp³-hybridized carbons (Fsp3) is 0.352. The number of benzene rings is 4. The van der Waals surface area contributed by atoms with E-state index in [0.717, 1.165) is 64.2 Å². The molecule has 3 unspecified atom stereocenters. The highest BCUT2D eigenvalue weighted by Gasteiger charge is 2.48. The first kappa shape index (κ1) is 43.9. The average Bonchev–Trinajstić information content (AvgIpc) is 3.60. The van der Waals surface area contributed by atoms with E-state index in [0.29, 0.717) is 46.9 Å². The van der Waals surface area contributed by atoms with Gasteiger partial charge in [0, 0.05) is 77.2 Å². The molecule has 8 nitrogen and oxygen atoms in total. The third kappa shape index (κ3) is 7.53. The van der Waals surface area contributed by atoms with E-state index in [-0.39, 0.29) is 28.9 Å². The molecule has 1 aliphatic carbocycles. The molecule has 0 radical (unpaired) electrons. The van der Waals surface area contributed by atoms with E-state index in [1.54, 1.807) is 9.80 Å². The Bertz CT molecular complexity index is 2640. The first-order valence-corrected chi connectivity index (χ1v) is 22.8. The van der Waals surface area contributed by atoms with Gasteiger partial charge in [0.25, 0.3) is 0 Å². The van der Waals surface area contributed by atoms with Crippen LogP contribution in [0, 0.1) is 5.92 Å². The number of rotatable bonds is 11. The Balaban J connectivity index is 1.17. The summed E-state index contributed by atoms with van der Waals surface area (Å²) in [5, 5.41) is 12.5. The van der Waals surface area contributed by atoms with Crippen molar-refractivity contribution in [2.75, 3.05) is 32.1 Å². The minimum Gasteiger partial charge on any atom is -0.372 e. The van der Waals surface area contributed by atoms with Crippen LogP contribution in [0.1, 0.15) is 110 Å². The molecule has 0 saturated carbocycles. The SMILES string of the molecule is CCN1C(=O)C(C2=C(C=CC3=[N+](C)c4ccc(C(=O)c5ccccc5)cc4C3(C)C)CCCC2=CCC2N(C)c3ccc(C(=O)c4ccccc4)cc3C2(C)C)C(O)N(CC)C1=S. The van der Waals surface area contributed by atoms with Crippen LogP contribution in [0.2, 0.25) is 0 Å². The molecule has 3 heterocycles. The highest BCUT2D eigenvalue weighted by Crippen LogP contribution is 2.48. The van der Waals surface area contributed by atoms with Gasteiger partial charge in [-0.15, -0.1) is 0 Å². The number of aliphatic hydroxyl groups excluding tert-OH is 1. The molecule has 0 bridgehead atoms. The fourth-order valence-corrected chi connectivity index (χ4v) is 11.1. The largest absolute Gasteiger partial charge is 0.372 e. The average molecular weight is 860 g/mol. The molecule has 63 heavy (non-hydrogen) atoms. The summed E-state index contributed by atoms with van der Waals surface area (Å²) in [6, 6.07) is 31.0. The summed E-state index contributed by atoms with van der Waals surface area (Å²) in [4.78, 5) is 47.5. The number of likely N-dealkylation sites (N-methyl/N-ethyl adjacent to an activating group) is 1. The van der Waals surface area contributed by atoms with Crippen molar-refractivity contribution in [1.29, 1.82) is 0 Å². The lowest BCUT2D eigenvalue weighted by Crippen LogP contribution is -2.62. The minimum absolute atomic E-state index is 0.00595. The summed E-state index contributed by atoms with van der Waals surface area (Å²) in [6.45, 7) is 13.7. The Morgan fingerprint density at radius 3 is 2.02 bits per heavy atom. The number of carbonyl (C=O) groups excluding carboxylic acids is 3. The molecule has 3 aliphatic heterocycles. The molecule has 4 aliphatic rings. The van der Waals surface area contributed by atoms with Gasteiger partial charge in [-0.25, -0.2) is 0 Å². The fourth-order valence-electron chi connectivity index (χ4n) is 10.7. The van der Waals surface area contributed by atoms with Gasteiger partial charge in [0.1, 0.15) is 19.2 Å². The first-order chi connectivity index (χ1) is 30.1. The summed E-state index contributed by atoms with van der Waals surface area (Å²) in [5.74, 6) is -1.00. The van der Waals surface area contributed by atoms with E-state index in [2.05, 4.69) is 81.6 Å². The Labute approximate surface area is 377 Å². The Kier molecular flexibility index (Phi) is 11.9. The zero-order valence-electron chi connectivity index (χ0n) is 37.8. The Morgan fingerprint density at radius 2 is 1.41 bits per heavy atom. The maximum Gasteiger partial charge on any atom is 0.240 e. The lowest BCUT2D eigenvalue weighted by Gasteiger charge is -2.45. The molecule has 3 atom stereocenters. The van der Waals surface area contributed by atoms with Crippen LogP contribution in [-0.2, 0) is 15.6 Å². The Hall–Kier alpha value is -5.77. The van der Waals surface area contributed by atoms with E-state index in [9.17, 15) is 19.5 Å². The number of amides is 1. The van der Waals surface area contributed by atoms with Gasteiger partial charge in [0.2, 0.25) is 11.6 Å². The number of hydrogen-bond acceptors (Lipinski definition) is 6.